The molecule has 1 saturated carbocycles. The quantitative estimate of drug-likeness (QED) is 0.612. The second kappa shape index (κ2) is 9.08. The van der Waals surface area contributed by atoms with Crippen LogP contribution in [0.5, 0.6) is 0 Å². The lowest BCUT2D eigenvalue weighted by molar-refractivity contribution is -0.146. The third kappa shape index (κ3) is 5.49. The Morgan fingerprint density at radius 3 is 2.58 bits per heavy atom. The number of carbonyl (C=O) groups excluding carboxylic acids is 2. The van der Waals surface area contributed by atoms with Crippen molar-refractivity contribution < 1.29 is 14.3 Å². The Labute approximate surface area is 158 Å². The summed E-state index contributed by atoms with van der Waals surface area (Å²) in [4.78, 5) is 24.8. The summed E-state index contributed by atoms with van der Waals surface area (Å²) in [6.45, 7) is 2.05. The van der Waals surface area contributed by atoms with Crippen molar-refractivity contribution >= 4 is 34.4 Å². The van der Waals surface area contributed by atoms with Gasteiger partial charge in [-0.15, -0.1) is 11.8 Å². The molecular weight excluding hydrogens is 346 g/mol. The molecule has 26 heavy (non-hydrogen) atoms. The van der Waals surface area contributed by atoms with Crippen LogP contribution in [0.1, 0.15) is 32.6 Å². The average Bonchev–Trinajstić information content (AvgIpc) is 2.66. The van der Waals surface area contributed by atoms with Gasteiger partial charge in [-0.1, -0.05) is 37.3 Å². The maximum absolute atomic E-state index is 11.9. The van der Waals surface area contributed by atoms with Crippen LogP contribution in [0, 0.1) is 5.92 Å². The molecule has 2 aromatic carbocycles. The van der Waals surface area contributed by atoms with Gasteiger partial charge in [-0.2, -0.15) is 0 Å². The number of rotatable bonds is 6. The molecular formula is C21H25NO3S. The summed E-state index contributed by atoms with van der Waals surface area (Å²) < 4.78 is 5.10. The van der Waals surface area contributed by atoms with Gasteiger partial charge in [0.2, 0.25) is 0 Å². The lowest BCUT2D eigenvalue weighted by Crippen LogP contribution is -2.39. The van der Waals surface area contributed by atoms with Crippen molar-refractivity contribution in [1.82, 2.24) is 5.32 Å². The summed E-state index contributed by atoms with van der Waals surface area (Å²) in [6.07, 6.45) is 4.32. The number of esters is 1. The monoisotopic (exact) mass is 371 g/mol. The number of carbonyl (C=O) groups is 2. The van der Waals surface area contributed by atoms with Crippen molar-refractivity contribution in [3.8, 4) is 0 Å². The van der Waals surface area contributed by atoms with Gasteiger partial charge in [-0.05, 0) is 54.5 Å². The normalized spacial score (nSPS) is 19.9. The third-order valence-electron chi connectivity index (χ3n) is 4.82. The highest BCUT2D eigenvalue weighted by Crippen LogP contribution is 2.24. The number of ether oxygens (including phenoxy) is 1. The second-order valence-electron chi connectivity index (χ2n) is 6.98. The van der Waals surface area contributed by atoms with Crippen LogP contribution >= 0.6 is 11.8 Å². The van der Waals surface area contributed by atoms with E-state index in [0.717, 1.165) is 41.9 Å². The molecule has 1 aliphatic rings. The van der Waals surface area contributed by atoms with Crippen molar-refractivity contribution in [1.29, 1.82) is 0 Å². The van der Waals surface area contributed by atoms with Crippen molar-refractivity contribution in [3.05, 3.63) is 42.5 Å². The van der Waals surface area contributed by atoms with E-state index in [1.165, 1.54) is 17.1 Å². The number of hydrogen-bond donors (Lipinski definition) is 1. The Morgan fingerprint density at radius 2 is 1.81 bits per heavy atom. The van der Waals surface area contributed by atoms with Crippen LogP contribution in [0.15, 0.2) is 47.4 Å². The fourth-order valence-electron chi connectivity index (χ4n) is 3.26. The van der Waals surface area contributed by atoms with E-state index in [1.807, 2.05) is 30.3 Å². The van der Waals surface area contributed by atoms with Crippen LogP contribution in [-0.4, -0.2) is 30.3 Å². The first-order valence-electron chi connectivity index (χ1n) is 9.17. The van der Waals surface area contributed by atoms with E-state index in [9.17, 15) is 9.59 Å². The van der Waals surface area contributed by atoms with Crippen LogP contribution in [0.3, 0.4) is 0 Å². The maximum Gasteiger partial charge on any atom is 0.316 e. The first-order valence-corrected chi connectivity index (χ1v) is 10.2. The Bertz CT molecular complexity index is 769. The summed E-state index contributed by atoms with van der Waals surface area (Å²) in [5.41, 5.74) is 0. The van der Waals surface area contributed by atoms with Gasteiger partial charge in [0.15, 0.2) is 6.61 Å². The molecule has 0 aromatic heterocycles. The predicted octanol–water partition coefficient (Wildman–Crippen LogP) is 4.17. The highest BCUT2D eigenvalue weighted by molar-refractivity contribution is 8.00. The summed E-state index contributed by atoms with van der Waals surface area (Å²) in [6, 6.07) is 14.4. The molecule has 0 atom stereocenters. The summed E-state index contributed by atoms with van der Waals surface area (Å²) >= 11 is 1.42. The number of benzene rings is 2. The molecule has 1 aliphatic carbocycles. The summed E-state index contributed by atoms with van der Waals surface area (Å²) in [5, 5.41) is 5.29. The van der Waals surface area contributed by atoms with E-state index >= 15 is 0 Å². The van der Waals surface area contributed by atoms with Crippen LogP contribution in [0.4, 0.5) is 0 Å². The molecule has 1 N–H and O–H groups in total. The highest BCUT2D eigenvalue weighted by atomic mass is 32.2. The average molecular weight is 372 g/mol. The van der Waals surface area contributed by atoms with Crippen LogP contribution in [0.2, 0.25) is 0 Å². The number of nitrogens with one attached hydrogen (secondary N) is 1. The van der Waals surface area contributed by atoms with Gasteiger partial charge in [-0.3, -0.25) is 9.59 Å². The van der Waals surface area contributed by atoms with Gasteiger partial charge in [0, 0.05) is 10.9 Å². The fourth-order valence-corrected chi connectivity index (χ4v) is 4.00. The molecule has 0 unspecified atom stereocenters. The fraction of sp³-hybridized carbons (Fsp3) is 0.429. The SMILES string of the molecule is CC1CCC(NC(=O)COC(=O)CSc2ccc3ccccc3c2)CC1. The predicted molar refractivity (Wildman–Crippen MR) is 105 cm³/mol. The van der Waals surface area contributed by atoms with Gasteiger partial charge < -0.3 is 10.1 Å². The maximum atomic E-state index is 11.9. The largest absolute Gasteiger partial charge is 0.455 e. The molecule has 0 heterocycles. The third-order valence-corrected chi connectivity index (χ3v) is 5.79. The van der Waals surface area contributed by atoms with Gasteiger partial charge in [0.1, 0.15) is 0 Å². The number of thioether (sulfide) groups is 1. The van der Waals surface area contributed by atoms with E-state index in [2.05, 4.69) is 24.4 Å². The van der Waals surface area contributed by atoms with E-state index < -0.39 is 0 Å². The minimum Gasteiger partial charge on any atom is -0.455 e. The molecule has 0 bridgehead atoms. The molecule has 5 heteroatoms. The topological polar surface area (TPSA) is 55.4 Å². The van der Waals surface area contributed by atoms with Gasteiger partial charge >= 0.3 is 5.97 Å². The van der Waals surface area contributed by atoms with E-state index in [-0.39, 0.29) is 30.3 Å². The molecule has 138 valence electrons. The minimum absolute atomic E-state index is 0.191. The lowest BCUT2D eigenvalue weighted by atomic mass is 9.87. The van der Waals surface area contributed by atoms with Crippen LogP contribution in [0.25, 0.3) is 10.8 Å². The number of fused-ring (bicyclic) bond motifs is 1. The van der Waals surface area contributed by atoms with Crippen molar-refractivity contribution in [3.63, 3.8) is 0 Å². The Morgan fingerprint density at radius 1 is 1.08 bits per heavy atom. The van der Waals surface area contributed by atoms with E-state index in [0.29, 0.717) is 0 Å². The van der Waals surface area contributed by atoms with Crippen molar-refractivity contribution in [2.45, 2.75) is 43.5 Å². The highest BCUT2D eigenvalue weighted by Gasteiger charge is 2.20. The number of amides is 1. The molecule has 4 nitrogen and oxygen atoms in total. The lowest BCUT2D eigenvalue weighted by Gasteiger charge is -2.26. The molecule has 1 fully saturated rings. The number of hydrogen-bond acceptors (Lipinski definition) is 4. The van der Waals surface area contributed by atoms with Gasteiger partial charge in [0.05, 0.1) is 5.75 Å². The zero-order chi connectivity index (χ0) is 18.4. The van der Waals surface area contributed by atoms with Gasteiger partial charge in [0.25, 0.3) is 5.91 Å². The molecule has 2 aromatic rings. The second-order valence-corrected chi connectivity index (χ2v) is 8.03. The molecule has 0 spiro atoms. The van der Waals surface area contributed by atoms with Crippen LogP contribution < -0.4 is 5.32 Å². The standard InChI is InChI=1S/C21H25NO3S/c1-15-6-9-18(10-7-15)22-20(23)13-25-21(24)14-26-19-11-8-16-4-2-3-5-17(16)12-19/h2-5,8,11-12,15,18H,6-7,9-10,13-14H2,1H3,(H,22,23). The molecule has 3 rings (SSSR count). The molecule has 0 aliphatic heterocycles. The molecule has 0 radical (unpaired) electrons. The van der Waals surface area contributed by atoms with Crippen molar-refractivity contribution in [2.75, 3.05) is 12.4 Å². The van der Waals surface area contributed by atoms with Crippen molar-refractivity contribution in [2.24, 2.45) is 5.92 Å². The Balaban J connectivity index is 1.38. The molecule has 0 saturated heterocycles. The van der Waals surface area contributed by atoms with Gasteiger partial charge in [-0.25, -0.2) is 0 Å². The zero-order valence-electron chi connectivity index (χ0n) is 15.1. The first kappa shape index (κ1) is 18.8. The summed E-state index contributed by atoms with van der Waals surface area (Å²) in [7, 11) is 0. The molecule has 1 amide bonds. The Kier molecular flexibility index (Phi) is 6.56. The van der Waals surface area contributed by atoms with E-state index in [4.69, 9.17) is 4.74 Å². The first-order chi connectivity index (χ1) is 12.6. The van der Waals surface area contributed by atoms with Crippen LogP contribution in [-0.2, 0) is 14.3 Å². The Hall–Kier alpha value is -2.01. The van der Waals surface area contributed by atoms with E-state index in [1.54, 1.807) is 0 Å². The minimum atomic E-state index is -0.365. The summed E-state index contributed by atoms with van der Waals surface area (Å²) in [5.74, 6) is 0.379. The zero-order valence-corrected chi connectivity index (χ0v) is 15.9. The smallest absolute Gasteiger partial charge is 0.316 e.